The van der Waals surface area contributed by atoms with Gasteiger partial charge in [0.15, 0.2) is 0 Å². The van der Waals surface area contributed by atoms with E-state index in [0.717, 1.165) is 37.9 Å². The van der Waals surface area contributed by atoms with Crippen LogP contribution in [0.15, 0.2) is 24.4 Å². The van der Waals surface area contributed by atoms with E-state index >= 15 is 0 Å². The van der Waals surface area contributed by atoms with Crippen LogP contribution in [-0.4, -0.2) is 33.1 Å². The Balaban J connectivity index is 2.08. The molecule has 5 heteroatoms. The van der Waals surface area contributed by atoms with Crippen molar-refractivity contribution in [3.63, 3.8) is 0 Å². The second-order valence-corrected chi connectivity index (χ2v) is 10.7. The highest BCUT2D eigenvalue weighted by Crippen LogP contribution is 2.38. The fraction of sp³-hybridized carbons (Fsp3) is 0.700. The smallest absolute Gasteiger partial charge is 0.210 e. The summed E-state index contributed by atoms with van der Waals surface area (Å²) in [6.07, 6.45) is 6.02. The highest BCUT2D eigenvalue weighted by molar-refractivity contribution is 7.98. The van der Waals surface area contributed by atoms with E-state index in [0.29, 0.717) is 5.92 Å². The SMILES string of the molecule is CC(C)(C)SNC(C)(CCC1CN(C=O)C(C)(C)C1)c1ccccn1. The molecule has 1 aromatic heterocycles. The molecule has 25 heavy (non-hydrogen) atoms. The van der Waals surface area contributed by atoms with Crippen molar-refractivity contribution in [1.29, 1.82) is 0 Å². The van der Waals surface area contributed by atoms with Gasteiger partial charge in [-0.25, -0.2) is 0 Å². The lowest BCUT2D eigenvalue weighted by atomic mass is 9.86. The highest BCUT2D eigenvalue weighted by atomic mass is 32.2. The highest BCUT2D eigenvalue weighted by Gasteiger charge is 2.39. The van der Waals surface area contributed by atoms with E-state index in [1.54, 1.807) is 11.9 Å². The zero-order chi connectivity index (χ0) is 18.7. The zero-order valence-electron chi connectivity index (χ0n) is 16.5. The third-order valence-corrected chi connectivity index (χ3v) is 6.18. The van der Waals surface area contributed by atoms with E-state index in [-0.39, 0.29) is 15.8 Å². The molecule has 0 bridgehead atoms. The van der Waals surface area contributed by atoms with E-state index in [2.05, 4.69) is 63.4 Å². The number of rotatable bonds is 7. The maximum atomic E-state index is 11.3. The Labute approximate surface area is 157 Å². The van der Waals surface area contributed by atoms with Gasteiger partial charge in [-0.3, -0.25) is 14.5 Å². The quantitative estimate of drug-likeness (QED) is 0.577. The standard InChI is InChI=1S/C20H33N3OS/c1-18(2,3)25-22-20(6,17-9-7-8-12-21-17)11-10-16-13-19(4,5)23(14-16)15-24/h7-9,12,15-16,22H,10-11,13-14H2,1-6H3. The van der Waals surface area contributed by atoms with Crippen molar-refractivity contribution >= 4 is 18.4 Å². The molecule has 1 saturated heterocycles. The van der Waals surface area contributed by atoms with Crippen molar-refractivity contribution in [2.45, 2.75) is 76.6 Å². The van der Waals surface area contributed by atoms with E-state index < -0.39 is 0 Å². The van der Waals surface area contributed by atoms with Gasteiger partial charge in [-0.05, 0) is 78.9 Å². The number of aromatic nitrogens is 1. The average molecular weight is 364 g/mol. The fourth-order valence-electron chi connectivity index (χ4n) is 3.47. The van der Waals surface area contributed by atoms with Crippen molar-refractivity contribution in [1.82, 2.24) is 14.6 Å². The van der Waals surface area contributed by atoms with Crippen LogP contribution in [0, 0.1) is 5.92 Å². The Morgan fingerprint density at radius 3 is 2.60 bits per heavy atom. The summed E-state index contributed by atoms with van der Waals surface area (Å²) < 4.78 is 3.83. The number of amides is 1. The van der Waals surface area contributed by atoms with Crippen molar-refractivity contribution in [2.75, 3.05) is 6.54 Å². The van der Waals surface area contributed by atoms with Crippen LogP contribution in [-0.2, 0) is 10.3 Å². The molecule has 1 aliphatic rings. The Morgan fingerprint density at radius 2 is 2.08 bits per heavy atom. The molecule has 140 valence electrons. The summed E-state index contributed by atoms with van der Waals surface area (Å²) in [5.41, 5.74) is 0.871. The molecule has 0 radical (unpaired) electrons. The van der Waals surface area contributed by atoms with E-state index in [1.807, 2.05) is 17.2 Å². The maximum Gasteiger partial charge on any atom is 0.210 e. The normalized spacial score (nSPS) is 22.6. The summed E-state index contributed by atoms with van der Waals surface area (Å²) in [5, 5.41) is 0. The van der Waals surface area contributed by atoms with Gasteiger partial charge >= 0.3 is 0 Å². The lowest BCUT2D eigenvalue weighted by molar-refractivity contribution is -0.120. The predicted molar refractivity (Wildman–Crippen MR) is 106 cm³/mol. The van der Waals surface area contributed by atoms with Crippen LogP contribution in [0.2, 0.25) is 0 Å². The molecule has 0 spiro atoms. The van der Waals surface area contributed by atoms with Gasteiger partial charge in [0.1, 0.15) is 0 Å². The molecule has 0 aliphatic carbocycles. The van der Waals surface area contributed by atoms with Gasteiger partial charge in [0.25, 0.3) is 0 Å². The summed E-state index contributed by atoms with van der Waals surface area (Å²) in [4.78, 5) is 17.9. The lowest BCUT2D eigenvalue weighted by Gasteiger charge is -2.34. The monoisotopic (exact) mass is 363 g/mol. The summed E-state index contributed by atoms with van der Waals surface area (Å²) in [6, 6.07) is 6.12. The molecule has 1 aromatic rings. The van der Waals surface area contributed by atoms with Crippen LogP contribution < -0.4 is 4.72 Å². The zero-order valence-corrected chi connectivity index (χ0v) is 17.3. The van der Waals surface area contributed by atoms with Gasteiger partial charge in [0, 0.05) is 23.0 Å². The molecule has 0 aromatic carbocycles. The lowest BCUT2D eigenvalue weighted by Crippen LogP contribution is -2.39. The van der Waals surface area contributed by atoms with Gasteiger partial charge < -0.3 is 4.90 Å². The van der Waals surface area contributed by atoms with Crippen LogP contribution in [0.25, 0.3) is 0 Å². The largest absolute Gasteiger partial charge is 0.340 e. The molecule has 4 nitrogen and oxygen atoms in total. The summed E-state index contributed by atoms with van der Waals surface area (Å²) >= 11 is 1.77. The first-order valence-electron chi connectivity index (χ1n) is 9.14. The van der Waals surface area contributed by atoms with Crippen LogP contribution in [0.5, 0.6) is 0 Å². The Kier molecular flexibility index (Phi) is 6.21. The number of hydrogen-bond acceptors (Lipinski definition) is 4. The molecule has 2 rings (SSSR count). The van der Waals surface area contributed by atoms with Gasteiger partial charge in [-0.2, -0.15) is 0 Å². The molecule has 2 unspecified atom stereocenters. The number of pyridine rings is 1. The number of hydrogen-bond donors (Lipinski definition) is 1. The first-order chi connectivity index (χ1) is 11.6. The minimum absolute atomic E-state index is 0.0264. The maximum absolute atomic E-state index is 11.3. The minimum Gasteiger partial charge on any atom is -0.340 e. The van der Waals surface area contributed by atoms with E-state index in [1.165, 1.54) is 0 Å². The molecule has 2 heterocycles. The number of carbonyl (C=O) groups excluding carboxylic acids is 1. The van der Waals surface area contributed by atoms with E-state index in [9.17, 15) is 4.79 Å². The Bertz CT molecular complexity index is 570. The van der Waals surface area contributed by atoms with Crippen molar-refractivity contribution < 1.29 is 4.79 Å². The second kappa shape index (κ2) is 7.67. The van der Waals surface area contributed by atoms with Crippen molar-refractivity contribution in [2.24, 2.45) is 5.92 Å². The fourth-order valence-corrected chi connectivity index (χ4v) is 4.21. The van der Waals surface area contributed by atoms with Crippen LogP contribution in [0.1, 0.15) is 66.5 Å². The molecule has 1 N–H and O–H groups in total. The number of nitrogens with one attached hydrogen (secondary N) is 1. The van der Waals surface area contributed by atoms with Crippen LogP contribution in [0.4, 0.5) is 0 Å². The average Bonchev–Trinajstić information content (AvgIpc) is 2.85. The van der Waals surface area contributed by atoms with Crippen molar-refractivity contribution in [3.8, 4) is 0 Å². The molecule has 2 atom stereocenters. The Hall–Kier alpha value is -1.07. The number of likely N-dealkylation sites (tertiary alicyclic amines) is 1. The molecule has 1 aliphatic heterocycles. The second-order valence-electron chi connectivity index (χ2n) is 9.04. The summed E-state index contributed by atoms with van der Waals surface area (Å²) in [5.74, 6) is 0.546. The molecule has 0 saturated carbocycles. The topological polar surface area (TPSA) is 45.2 Å². The summed E-state index contributed by atoms with van der Waals surface area (Å²) in [6.45, 7) is 14.1. The van der Waals surface area contributed by atoms with Crippen LogP contribution in [0.3, 0.4) is 0 Å². The van der Waals surface area contributed by atoms with Gasteiger partial charge in [0.2, 0.25) is 6.41 Å². The van der Waals surface area contributed by atoms with Crippen LogP contribution >= 0.6 is 11.9 Å². The third-order valence-electron chi connectivity index (χ3n) is 5.01. The molecule has 1 fully saturated rings. The first kappa shape index (κ1) is 20.2. The first-order valence-corrected chi connectivity index (χ1v) is 9.96. The number of nitrogens with zero attached hydrogens (tertiary/aromatic N) is 2. The predicted octanol–water partition coefficient (Wildman–Crippen LogP) is 4.37. The van der Waals surface area contributed by atoms with Gasteiger partial charge in [-0.1, -0.05) is 18.0 Å². The molecular weight excluding hydrogens is 330 g/mol. The van der Waals surface area contributed by atoms with Gasteiger partial charge in [-0.15, -0.1) is 0 Å². The number of carbonyl (C=O) groups is 1. The minimum atomic E-state index is -0.183. The third kappa shape index (κ3) is 5.45. The summed E-state index contributed by atoms with van der Waals surface area (Å²) in [7, 11) is 0. The van der Waals surface area contributed by atoms with Crippen molar-refractivity contribution in [3.05, 3.63) is 30.1 Å². The van der Waals surface area contributed by atoms with E-state index in [4.69, 9.17) is 0 Å². The van der Waals surface area contributed by atoms with Gasteiger partial charge in [0.05, 0.1) is 11.2 Å². The molecule has 1 amide bonds. The molecular formula is C20H33N3OS. The Morgan fingerprint density at radius 1 is 1.36 bits per heavy atom.